The molecular formula is C22H16O6. The average molecular weight is 376 g/mol. The SMILES string of the molecule is CC1(C)CC(C)(c2ccc3c(c2)C(=O)OC3=O)c2c1ccc1c2C(=O)OC1=O. The summed E-state index contributed by atoms with van der Waals surface area (Å²) in [6.07, 6.45) is 0.662. The molecule has 0 bridgehead atoms. The molecule has 3 aliphatic rings. The molecule has 1 atom stereocenters. The molecule has 2 heterocycles. The summed E-state index contributed by atoms with van der Waals surface area (Å²) in [6.45, 7) is 6.15. The molecular weight excluding hydrogens is 360 g/mol. The lowest BCUT2D eigenvalue weighted by Gasteiger charge is -2.29. The van der Waals surface area contributed by atoms with E-state index >= 15 is 0 Å². The Kier molecular flexibility index (Phi) is 2.98. The molecule has 28 heavy (non-hydrogen) atoms. The standard InChI is InChI=1S/C22H16O6/c1-21(2)9-22(3,10-4-5-11-13(8-10)19(25)27-17(11)23)16-14(21)7-6-12-15(16)20(26)28-18(12)24/h4-8H,9H2,1-3H3. The minimum atomic E-state index is -0.671. The molecule has 5 rings (SSSR count). The van der Waals surface area contributed by atoms with Crippen LogP contribution in [0.2, 0.25) is 0 Å². The highest BCUT2D eigenvalue weighted by molar-refractivity contribution is 6.16. The largest absolute Gasteiger partial charge is 0.386 e. The Morgan fingerprint density at radius 3 is 2.11 bits per heavy atom. The van der Waals surface area contributed by atoms with Gasteiger partial charge in [0.2, 0.25) is 0 Å². The van der Waals surface area contributed by atoms with Gasteiger partial charge in [0.25, 0.3) is 0 Å². The molecule has 1 aliphatic carbocycles. The number of cyclic esters (lactones) is 4. The second-order valence-corrected chi connectivity index (χ2v) is 8.42. The summed E-state index contributed by atoms with van der Waals surface area (Å²) in [6, 6.07) is 8.56. The Morgan fingerprint density at radius 2 is 1.36 bits per heavy atom. The molecule has 2 aromatic rings. The maximum atomic E-state index is 12.5. The lowest BCUT2D eigenvalue weighted by molar-refractivity contribution is 0.0425. The van der Waals surface area contributed by atoms with E-state index in [1.165, 1.54) is 0 Å². The van der Waals surface area contributed by atoms with Gasteiger partial charge in [0.1, 0.15) is 0 Å². The van der Waals surface area contributed by atoms with Crippen LogP contribution in [0.3, 0.4) is 0 Å². The van der Waals surface area contributed by atoms with Crippen LogP contribution in [0.25, 0.3) is 0 Å². The van der Waals surface area contributed by atoms with E-state index in [1.807, 2.05) is 13.0 Å². The highest BCUT2D eigenvalue weighted by Gasteiger charge is 2.51. The highest BCUT2D eigenvalue weighted by atomic mass is 16.6. The fourth-order valence-corrected chi connectivity index (χ4v) is 5.05. The van der Waals surface area contributed by atoms with Crippen molar-refractivity contribution in [1.29, 1.82) is 0 Å². The maximum Gasteiger partial charge on any atom is 0.347 e. The first-order valence-electron chi connectivity index (χ1n) is 8.99. The molecule has 0 amide bonds. The number of carbonyl (C=O) groups is 4. The summed E-state index contributed by atoms with van der Waals surface area (Å²) in [4.78, 5) is 48.4. The highest BCUT2D eigenvalue weighted by Crippen LogP contribution is 2.55. The quantitative estimate of drug-likeness (QED) is 0.561. The van der Waals surface area contributed by atoms with Crippen molar-refractivity contribution in [3.8, 4) is 0 Å². The van der Waals surface area contributed by atoms with Gasteiger partial charge in [-0.05, 0) is 46.7 Å². The van der Waals surface area contributed by atoms with Crippen LogP contribution in [0.5, 0.6) is 0 Å². The third-order valence-corrected chi connectivity index (χ3v) is 6.17. The Balaban J connectivity index is 1.79. The molecule has 0 radical (unpaired) electrons. The van der Waals surface area contributed by atoms with E-state index in [2.05, 4.69) is 13.8 Å². The van der Waals surface area contributed by atoms with E-state index in [0.29, 0.717) is 12.0 Å². The molecule has 0 spiro atoms. The third-order valence-electron chi connectivity index (χ3n) is 6.17. The lowest BCUT2D eigenvalue weighted by atomic mass is 9.73. The van der Waals surface area contributed by atoms with Crippen LogP contribution < -0.4 is 0 Å². The normalized spacial score (nSPS) is 24.0. The van der Waals surface area contributed by atoms with Gasteiger partial charge in [-0.25, -0.2) is 19.2 Å². The van der Waals surface area contributed by atoms with Crippen molar-refractivity contribution in [2.45, 2.75) is 38.0 Å². The van der Waals surface area contributed by atoms with Gasteiger partial charge in [-0.3, -0.25) is 0 Å². The number of fused-ring (bicyclic) bond motifs is 4. The summed E-state index contributed by atoms with van der Waals surface area (Å²) in [5.41, 5.74) is 2.63. The first-order chi connectivity index (χ1) is 13.1. The molecule has 140 valence electrons. The smallest absolute Gasteiger partial charge is 0.347 e. The summed E-state index contributed by atoms with van der Waals surface area (Å²) in [5, 5.41) is 0. The van der Waals surface area contributed by atoms with Crippen molar-refractivity contribution in [3.63, 3.8) is 0 Å². The molecule has 2 aromatic carbocycles. The molecule has 0 aromatic heterocycles. The van der Waals surface area contributed by atoms with Crippen molar-refractivity contribution in [1.82, 2.24) is 0 Å². The summed E-state index contributed by atoms with van der Waals surface area (Å²) >= 11 is 0. The second-order valence-electron chi connectivity index (χ2n) is 8.42. The first kappa shape index (κ1) is 16.9. The second kappa shape index (κ2) is 4.95. The Hall–Kier alpha value is -3.28. The van der Waals surface area contributed by atoms with Gasteiger partial charge >= 0.3 is 23.9 Å². The van der Waals surface area contributed by atoms with Crippen LogP contribution in [-0.4, -0.2) is 23.9 Å². The number of rotatable bonds is 1. The van der Waals surface area contributed by atoms with Crippen molar-refractivity contribution in [3.05, 3.63) is 69.3 Å². The van der Waals surface area contributed by atoms with Crippen molar-refractivity contribution in [2.75, 3.05) is 0 Å². The maximum absolute atomic E-state index is 12.5. The zero-order valence-corrected chi connectivity index (χ0v) is 15.5. The topological polar surface area (TPSA) is 86.7 Å². The number of esters is 4. The van der Waals surface area contributed by atoms with E-state index < -0.39 is 29.3 Å². The van der Waals surface area contributed by atoms with E-state index in [-0.39, 0.29) is 22.1 Å². The van der Waals surface area contributed by atoms with Crippen LogP contribution >= 0.6 is 0 Å². The van der Waals surface area contributed by atoms with E-state index in [9.17, 15) is 19.2 Å². The zero-order valence-electron chi connectivity index (χ0n) is 15.5. The number of carbonyl (C=O) groups excluding carboxylic acids is 4. The van der Waals surface area contributed by atoms with E-state index in [1.54, 1.807) is 24.3 Å². The minimum absolute atomic E-state index is 0.223. The predicted molar refractivity (Wildman–Crippen MR) is 96.5 cm³/mol. The van der Waals surface area contributed by atoms with Crippen molar-refractivity contribution in [2.24, 2.45) is 0 Å². The third kappa shape index (κ3) is 1.92. The fourth-order valence-electron chi connectivity index (χ4n) is 5.05. The van der Waals surface area contributed by atoms with Crippen molar-refractivity contribution < 1.29 is 28.7 Å². The zero-order chi connectivity index (χ0) is 20.0. The van der Waals surface area contributed by atoms with Gasteiger partial charge < -0.3 is 9.47 Å². The van der Waals surface area contributed by atoms with Gasteiger partial charge in [0, 0.05) is 5.41 Å². The van der Waals surface area contributed by atoms with Gasteiger partial charge in [0.15, 0.2) is 0 Å². The summed E-state index contributed by atoms with van der Waals surface area (Å²) in [7, 11) is 0. The van der Waals surface area contributed by atoms with Crippen LogP contribution in [0, 0.1) is 0 Å². The summed E-state index contributed by atoms with van der Waals surface area (Å²) < 4.78 is 9.56. The van der Waals surface area contributed by atoms with Crippen LogP contribution in [0.1, 0.15) is 85.3 Å². The Morgan fingerprint density at radius 1 is 0.750 bits per heavy atom. The first-order valence-corrected chi connectivity index (χ1v) is 8.99. The number of benzene rings is 2. The lowest BCUT2D eigenvalue weighted by Crippen LogP contribution is -2.25. The number of hydrogen-bond donors (Lipinski definition) is 0. The van der Waals surface area contributed by atoms with Gasteiger partial charge in [0.05, 0.1) is 22.3 Å². The van der Waals surface area contributed by atoms with Gasteiger partial charge in [-0.15, -0.1) is 0 Å². The molecule has 0 N–H and O–H groups in total. The average Bonchev–Trinajstić information content (AvgIpc) is 3.17. The monoisotopic (exact) mass is 376 g/mol. The van der Waals surface area contributed by atoms with Gasteiger partial charge in [-0.1, -0.05) is 32.9 Å². The Labute approximate surface area is 160 Å². The molecule has 1 unspecified atom stereocenters. The van der Waals surface area contributed by atoms with Crippen LogP contribution in [0.15, 0.2) is 30.3 Å². The predicted octanol–water partition coefficient (Wildman–Crippen LogP) is 3.30. The van der Waals surface area contributed by atoms with E-state index in [0.717, 1.165) is 16.7 Å². The molecule has 2 aliphatic heterocycles. The molecule has 6 nitrogen and oxygen atoms in total. The Bertz CT molecular complexity index is 1160. The number of ether oxygens (including phenoxy) is 2. The van der Waals surface area contributed by atoms with E-state index in [4.69, 9.17) is 9.47 Å². The summed E-state index contributed by atoms with van der Waals surface area (Å²) in [5.74, 6) is -2.61. The molecule has 0 saturated heterocycles. The molecule has 0 saturated carbocycles. The molecule has 0 fully saturated rings. The number of hydrogen-bond acceptors (Lipinski definition) is 6. The van der Waals surface area contributed by atoms with Crippen LogP contribution in [-0.2, 0) is 20.3 Å². The van der Waals surface area contributed by atoms with Crippen molar-refractivity contribution >= 4 is 23.9 Å². The molecule has 6 heteroatoms. The van der Waals surface area contributed by atoms with Crippen LogP contribution in [0.4, 0.5) is 0 Å². The fraction of sp³-hybridized carbons (Fsp3) is 0.273. The van der Waals surface area contributed by atoms with Gasteiger partial charge in [-0.2, -0.15) is 0 Å². The minimum Gasteiger partial charge on any atom is -0.386 e.